The summed E-state index contributed by atoms with van der Waals surface area (Å²) in [6, 6.07) is 5.46. The highest BCUT2D eigenvalue weighted by atomic mass is 16.4. The van der Waals surface area contributed by atoms with Crippen molar-refractivity contribution >= 4 is 11.9 Å². The summed E-state index contributed by atoms with van der Waals surface area (Å²) in [7, 11) is 0. The topological polar surface area (TPSA) is 82.1 Å². The minimum absolute atomic E-state index is 0.248. The maximum Gasteiger partial charge on any atom is 0.224 e. The molecule has 21 heavy (non-hydrogen) atoms. The molecule has 112 valence electrons. The first-order valence-corrected chi connectivity index (χ1v) is 7.02. The van der Waals surface area contributed by atoms with Crippen molar-refractivity contribution in [2.24, 2.45) is 11.8 Å². The van der Waals surface area contributed by atoms with Crippen molar-refractivity contribution in [3.63, 3.8) is 0 Å². The largest absolute Gasteiger partial charge is 0.550 e. The first-order valence-electron chi connectivity index (χ1n) is 7.02. The molecule has 0 aromatic carbocycles. The first kappa shape index (κ1) is 15.2. The van der Waals surface area contributed by atoms with E-state index in [2.05, 4.69) is 10.3 Å². The molecule has 1 aromatic rings. The van der Waals surface area contributed by atoms with Gasteiger partial charge in [-0.05, 0) is 38.8 Å². The molecule has 0 aliphatic heterocycles. The molecule has 2 atom stereocenters. The number of aliphatic carboxylic acids is 1. The van der Waals surface area contributed by atoms with Gasteiger partial charge in [0.1, 0.15) is 0 Å². The summed E-state index contributed by atoms with van der Waals surface area (Å²) in [4.78, 5) is 27.7. The van der Waals surface area contributed by atoms with Crippen LogP contribution < -0.4 is 10.4 Å². The number of rotatable bonds is 4. The number of carbonyl (C=O) groups is 2. The van der Waals surface area contributed by atoms with Crippen LogP contribution in [0.15, 0.2) is 35.5 Å². The Morgan fingerprint density at radius 1 is 1.24 bits per heavy atom. The van der Waals surface area contributed by atoms with Gasteiger partial charge in [-0.3, -0.25) is 9.78 Å². The third-order valence-electron chi connectivity index (χ3n) is 4.08. The van der Waals surface area contributed by atoms with Crippen molar-refractivity contribution in [3.8, 4) is 0 Å². The molecule has 0 saturated carbocycles. The molecule has 0 saturated heterocycles. The summed E-state index contributed by atoms with van der Waals surface area (Å²) in [5, 5.41) is 14.0. The monoisotopic (exact) mass is 287 g/mol. The number of pyridine rings is 1. The zero-order valence-corrected chi connectivity index (χ0v) is 12.3. The summed E-state index contributed by atoms with van der Waals surface area (Å²) in [5.74, 6) is -2.72. The Hall–Kier alpha value is -2.17. The van der Waals surface area contributed by atoms with Crippen LogP contribution >= 0.6 is 0 Å². The molecule has 5 nitrogen and oxygen atoms in total. The lowest BCUT2D eigenvalue weighted by Crippen LogP contribution is -2.44. The van der Waals surface area contributed by atoms with Crippen molar-refractivity contribution in [1.82, 2.24) is 10.3 Å². The number of hydrogen-bond acceptors (Lipinski definition) is 4. The molecule has 0 radical (unpaired) electrons. The number of carbonyl (C=O) groups excluding carboxylic acids is 2. The fourth-order valence-electron chi connectivity index (χ4n) is 2.63. The van der Waals surface area contributed by atoms with Crippen LogP contribution in [0.25, 0.3) is 0 Å². The molecule has 2 rings (SSSR count). The normalized spacial score (nSPS) is 22.0. The maximum atomic E-state index is 12.3. The van der Waals surface area contributed by atoms with Crippen LogP contribution in [0.3, 0.4) is 0 Å². The third-order valence-corrected chi connectivity index (χ3v) is 4.08. The van der Waals surface area contributed by atoms with Crippen molar-refractivity contribution < 1.29 is 14.7 Å². The van der Waals surface area contributed by atoms with Gasteiger partial charge in [0.25, 0.3) is 0 Å². The van der Waals surface area contributed by atoms with E-state index in [1.165, 1.54) is 0 Å². The lowest BCUT2D eigenvalue weighted by Gasteiger charge is -2.32. The van der Waals surface area contributed by atoms with Crippen molar-refractivity contribution in [2.45, 2.75) is 33.2 Å². The SMILES string of the molecule is CC1=C(C)C[C@@H](C(=O)NCc2ccccn2)[C@H](C(=O)[O-])C1. The van der Waals surface area contributed by atoms with E-state index in [4.69, 9.17) is 0 Å². The molecule has 1 N–H and O–H groups in total. The molecule has 5 heteroatoms. The van der Waals surface area contributed by atoms with Gasteiger partial charge in [0.15, 0.2) is 0 Å². The van der Waals surface area contributed by atoms with E-state index < -0.39 is 17.8 Å². The molecule has 0 fully saturated rings. The zero-order valence-electron chi connectivity index (χ0n) is 12.3. The highest BCUT2D eigenvalue weighted by molar-refractivity contribution is 5.85. The van der Waals surface area contributed by atoms with Crippen molar-refractivity contribution in [1.29, 1.82) is 0 Å². The molecule has 1 aliphatic carbocycles. The number of hydrogen-bond donors (Lipinski definition) is 1. The van der Waals surface area contributed by atoms with Crippen molar-refractivity contribution in [2.75, 3.05) is 0 Å². The predicted molar refractivity (Wildman–Crippen MR) is 75.7 cm³/mol. The van der Waals surface area contributed by atoms with Crippen molar-refractivity contribution in [3.05, 3.63) is 41.2 Å². The van der Waals surface area contributed by atoms with Gasteiger partial charge in [-0.25, -0.2) is 0 Å². The summed E-state index contributed by atoms with van der Waals surface area (Å²) in [6.45, 7) is 4.16. The fraction of sp³-hybridized carbons (Fsp3) is 0.438. The highest BCUT2D eigenvalue weighted by Gasteiger charge is 2.33. The van der Waals surface area contributed by atoms with E-state index in [0.29, 0.717) is 19.4 Å². The number of amides is 1. The van der Waals surface area contributed by atoms with E-state index in [-0.39, 0.29) is 5.91 Å². The molecule has 0 unspecified atom stereocenters. The van der Waals surface area contributed by atoms with Gasteiger partial charge >= 0.3 is 0 Å². The number of nitrogens with one attached hydrogen (secondary N) is 1. The standard InChI is InChI=1S/C16H20N2O3/c1-10-7-13(14(16(20)21)8-11(10)2)15(19)18-9-12-5-3-4-6-17-12/h3-6,13-14H,7-9H2,1-2H3,(H,18,19)(H,20,21)/p-1/t13-,14-/m1/s1. The van der Waals surface area contributed by atoms with Gasteiger partial charge in [0, 0.05) is 24.0 Å². The molecule has 1 amide bonds. The van der Waals surface area contributed by atoms with Crippen LogP contribution in [-0.2, 0) is 16.1 Å². The lowest BCUT2D eigenvalue weighted by atomic mass is 9.76. The molecular weight excluding hydrogens is 268 g/mol. The Balaban J connectivity index is 2.04. The lowest BCUT2D eigenvalue weighted by molar-refractivity contribution is -0.313. The highest BCUT2D eigenvalue weighted by Crippen LogP contribution is 2.33. The maximum absolute atomic E-state index is 12.3. The number of aromatic nitrogens is 1. The minimum Gasteiger partial charge on any atom is -0.550 e. The van der Waals surface area contributed by atoms with E-state index in [9.17, 15) is 14.7 Å². The molecule has 0 bridgehead atoms. The summed E-state index contributed by atoms with van der Waals surface area (Å²) < 4.78 is 0. The smallest absolute Gasteiger partial charge is 0.224 e. The second kappa shape index (κ2) is 6.52. The first-order chi connectivity index (χ1) is 9.99. The number of nitrogens with zero attached hydrogens (tertiary/aromatic N) is 1. The Morgan fingerprint density at radius 2 is 1.90 bits per heavy atom. The quantitative estimate of drug-likeness (QED) is 0.831. The third kappa shape index (κ3) is 3.68. The summed E-state index contributed by atoms with van der Waals surface area (Å²) >= 11 is 0. The van der Waals surface area contributed by atoms with E-state index in [1.54, 1.807) is 12.3 Å². The van der Waals surface area contributed by atoms with Gasteiger partial charge in [0.2, 0.25) is 5.91 Å². The van der Waals surface area contributed by atoms with Crippen LogP contribution in [-0.4, -0.2) is 16.9 Å². The Kier molecular flexibility index (Phi) is 4.73. The second-order valence-corrected chi connectivity index (χ2v) is 5.54. The van der Waals surface area contributed by atoms with Crippen LogP contribution in [0, 0.1) is 11.8 Å². The Bertz CT molecular complexity index is 566. The van der Waals surface area contributed by atoms with E-state index in [0.717, 1.165) is 16.8 Å². The zero-order chi connectivity index (χ0) is 15.4. The number of carboxylic acid groups (broad SMARTS) is 1. The van der Waals surface area contributed by atoms with Gasteiger partial charge in [0.05, 0.1) is 12.2 Å². The molecular formula is C16H19N2O3-. The number of allylic oxidation sites excluding steroid dienone is 2. The molecule has 0 spiro atoms. The van der Waals surface area contributed by atoms with Gasteiger partial charge in [-0.2, -0.15) is 0 Å². The average molecular weight is 287 g/mol. The van der Waals surface area contributed by atoms with Crippen LogP contribution in [0.5, 0.6) is 0 Å². The Labute approximate surface area is 124 Å². The van der Waals surface area contributed by atoms with Crippen LogP contribution in [0.1, 0.15) is 32.4 Å². The molecule has 1 heterocycles. The van der Waals surface area contributed by atoms with Crippen LogP contribution in [0.4, 0.5) is 0 Å². The van der Waals surface area contributed by atoms with Gasteiger partial charge in [-0.1, -0.05) is 17.2 Å². The van der Waals surface area contributed by atoms with Gasteiger partial charge < -0.3 is 15.2 Å². The summed E-state index contributed by atoms with van der Waals surface area (Å²) in [5.41, 5.74) is 2.87. The summed E-state index contributed by atoms with van der Waals surface area (Å²) in [6.07, 6.45) is 2.51. The van der Waals surface area contributed by atoms with Gasteiger partial charge in [-0.15, -0.1) is 0 Å². The molecule has 1 aliphatic rings. The second-order valence-electron chi connectivity index (χ2n) is 5.54. The van der Waals surface area contributed by atoms with E-state index in [1.807, 2.05) is 26.0 Å². The Morgan fingerprint density at radius 3 is 2.48 bits per heavy atom. The number of carboxylic acids is 1. The predicted octanol–water partition coefficient (Wildman–Crippen LogP) is 0.810. The average Bonchev–Trinajstić information content (AvgIpc) is 2.48. The molecule has 1 aromatic heterocycles. The van der Waals surface area contributed by atoms with Crippen LogP contribution in [0.2, 0.25) is 0 Å². The fourth-order valence-corrected chi connectivity index (χ4v) is 2.63. The minimum atomic E-state index is -1.15. The van der Waals surface area contributed by atoms with E-state index >= 15 is 0 Å².